The lowest BCUT2D eigenvalue weighted by Gasteiger charge is -2.39. The molecule has 1 saturated heterocycles. The summed E-state index contributed by atoms with van der Waals surface area (Å²) in [7, 11) is 1.55. The molecule has 1 aliphatic heterocycles. The normalized spacial score (nSPS) is 19.0. The summed E-state index contributed by atoms with van der Waals surface area (Å²) in [6.45, 7) is 4.74. The van der Waals surface area contributed by atoms with Crippen molar-refractivity contribution in [2.75, 3.05) is 26.7 Å². The number of carbonyl (C=O) groups is 3. The van der Waals surface area contributed by atoms with E-state index < -0.39 is 11.4 Å². The molecule has 0 radical (unpaired) electrons. The van der Waals surface area contributed by atoms with Crippen molar-refractivity contribution in [3.63, 3.8) is 0 Å². The number of urea groups is 1. The Hall–Kier alpha value is -1.79. The predicted molar refractivity (Wildman–Crippen MR) is 77.8 cm³/mol. The maximum absolute atomic E-state index is 12.0. The number of hydrogen-bond donors (Lipinski definition) is 3. The van der Waals surface area contributed by atoms with Gasteiger partial charge in [-0.25, -0.2) is 4.79 Å². The van der Waals surface area contributed by atoms with Gasteiger partial charge in [-0.3, -0.25) is 9.59 Å². The van der Waals surface area contributed by atoms with E-state index in [9.17, 15) is 19.5 Å². The van der Waals surface area contributed by atoms with Crippen molar-refractivity contribution in [3.8, 4) is 0 Å². The van der Waals surface area contributed by atoms with Gasteiger partial charge in [0.25, 0.3) is 0 Å². The second-order valence-electron chi connectivity index (χ2n) is 5.97. The van der Waals surface area contributed by atoms with E-state index in [0.717, 1.165) is 12.8 Å². The molecule has 120 valence electrons. The third-order valence-electron chi connectivity index (χ3n) is 4.19. The van der Waals surface area contributed by atoms with Crippen LogP contribution in [0.15, 0.2) is 0 Å². The molecule has 0 aliphatic carbocycles. The molecule has 1 heterocycles. The summed E-state index contributed by atoms with van der Waals surface area (Å²) in [6.07, 6.45) is 1.84. The fourth-order valence-corrected chi connectivity index (χ4v) is 2.45. The highest BCUT2D eigenvalue weighted by Gasteiger charge is 2.39. The minimum absolute atomic E-state index is 0.0616. The second-order valence-corrected chi connectivity index (χ2v) is 5.97. The molecule has 1 fully saturated rings. The summed E-state index contributed by atoms with van der Waals surface area (Å²) in [5, 5.41) is 14.5. The third kappa shape index (κ3) is 4.61. The van der Waals surface area contributed by atoms with Crippen LogP contribution in [0.4, 0.5) is 4.79 Å². The Kier molecular flexibility index (Phi) is 5.99. The summed E-state index contributed by atoms with van der Waals surface area (Å²) in [6, 6.07) is -0.232. The topological polar surface area (TPSA) is 98.7 Å². The summed E-state index contributed by atoms with van der Waals surface area (Å²) < 4.78 is 0. The van der Waals surface area contributed by atoms with Crippen LogP contribution in [0.25, 0.3) is 0 Å². The van der Waals surface area contributed by atoms with Crippen molar-refractivity contribution in [3.05, 3.63) is 0 Å². The first-order chi connectivity index (χ1) is 9.78. The lowest BCUT2D eigenvalue weighted by atomic mass is 9.74. The first-order valence-electron chi connectivity index (χ1n) is 7.25. The maximum atomic E-state index is 12.0. The number of rotatable bonds is 5. The number of hydrogen-bond acceptors (Lipinski definition) is 3. The van der Waals surface area contributed by atoms with Crippen molar-refractivity contribution in [2.24, 2.45) is 11.3 Å². The van der Waals surface area contributed by atoms with E-state index >= 15 is 0 Å². The molecule has 0 saturated carbocycles. The fraction of sp³-hybridized carbons (Fsp3) is 0.786. The van der Waals surface area contributed by atoms with Crippen molar-refractivity contribution < 1.29 is 19.5 Å². The fourth-order valence-electron chi connectivity index (χ4n) is 2.45. The van der Waals surface area contributed by atoms with Gasteiger partial charge in [0.05, 0.1) is 5.41 Å². The van der Waals surface area contributed by atoms with E-state index in [0.29, 0.717) is 13.1 Å². The number of amides is 3. The first-order valence-corrected chi connectivity index (χ1v) is 7.25. The number of nitrogens with zero attached hydrogens (tertiary/aromatic N) is 1. The number of aliphatic carboxylic acids is 1. The Morgan fingerprint density at radius 3 is 2.57 bits per heavy atom. The quantitative estimate of drug-likeness (QED) is 0.694. The maximum Gasteiger partial charge on any atom is 0.317 e. The summed E-state index contributed by atoms with van der Waals surface area (Å²) in [5.41, 5.74) is -0.846. The van der Waals surface area contributed by atoms with Gasteiger partial charge in [-0.1, -0.05) is 0 Å². The van der Waals surface area contributed by atoms with Gasteiger partial charge in [0, 0.05) is 33.1 Å². The van der Waals surface area contributed by atoms with E-state index in [-0.39, 0.29) is 30.8 Å². The number of likely N-dealkylation sites (tertiary alicyclic amines) is 1. The van der Waals surface area contributed by atoms with Crippen molar-refractivity contribution in [2.45, 2.75) is 33.1 Å². The molecule has 0 bridgehead atoms. The van der Waals surface area contributed by atoms with Crippen LogP contribution in [-0.4, -0.2) is 54.6 Å². The van der Waals surface area contributed by atoms with Gasteiger partial charge in [0.2, 0.25) is 5.91 Å². The number of piperidine rings is 1. The number of carboxylic acids is 1. The molecule has 0 aromatic rings. The number of carbonyl (C=O) groups excluding carboxylic acids is 2. The molecule has 1 rings (SSSR count). The van der Waals surface area contributed by atoms with Crippen LogP contribution in [0, 0.1) is 11.3 Å². The minimum atomic E-state index is -0.846. The highest BCUT2D eigenvalue weighted by molar-refractivity contribution is 5.78. The highest BCUT2D eigenvalue weighted by Crippen LogP contribution is 2.34. The molecular weight excluding hydrogens is 274 g/mol. The molecule has 0 spiro atoms. The Morgan fingerprint density at radius 1 is 1.33 bits per heavy atom. The van der Waals surface area contributed by atoms with Crippen LogP contribution in [0.5, 0.6) is 0 Å². The van der Waals surface area contributed by atoms with Gasteiger partial charge >= 0.3 is 12.0 Å². The van der Waals surface area contributed by atoms with Crippen LogP contribution >= 0.6 is 0 Å². The van der Waals surface area contributed by atoms with Crippen LogP contribution in [0.3, 0.4) is 0 Å². The SMILES string of the molecule is CNC(=O)CCNC(=O)N1CCCC(C(C)(C)C(=O)O)C1. The van der Waals surface area contributed by atoms with Crippen LogP contribution in [-0.2, 0) is 9.59 Å². The summed E-state index contributed by atoms with van der Waals surface area (Å²) in [5.74, 6) is -1.03. The zero-order valence-corrected chi connectivity index (χ0v) is 12.9. The molecule has 7 nitrogen and oxygen atoms in total. The second kappa shape index (κ2) is 7.28. The average molecular weight is 299 g/mol. The smallest absolute Gasteiger partial charge is 0.317 e. The Morgan fingerprint density at radius 2 is 2.00 bits per heavy atom. The summed E-state index contributed by atoms with van der Waals surface area (Å²) in [4.78, 5) is 36.1. The molecule has 0 aromatic carbocycles. The van der Waals surface area contributed by atoms with Gasteiger partial charge in [-0.05, 0) is 32.6 Å². The third-order valence-corrected chi connectivity index (χ3v) is 4.19. The van der Waals surface area contributed by atoms with E-state index in [4.69, 9.17) is 0 Å². The Bertz CT molecular complexity index is 409. The largest absolute Gasteiger partial charge is 0.481 e. The van der Waals surface area contributed by atoms with E-state index in [1.807, 2.05) is 0 Å². The zero-order chi connectivity index (χ0) is 16.0. The van der Waals surface area contributed by atoms with Crippen molar-refractivity contribution in [1.82, 2.24) is 15.5 Å². The van der Waals surface area contributed by atoms with Gasteiger partial charge in [0.15, 0.2) is 0 Å². The zero-order valence-electron chi connectivity index (χ0n) is 12.9. The lowest BCUT2D eigenvalue weighted by Crippen LogP contribution is -2.50. The molecule has 21 heavy (non-hydrogen) atoms. The van der Waals surface area contributed by atoms with Gasteiger partial charge in [-0.15, -0.1) is 0 Å². The van der Waals surface area contributed by atoms with E-state index in [1.165, 1.54) is 0 Å². The minimum Gasteiger partial charge on any atom is -0.481 e. The van der Waals surface area contributed by atoms with Crippen LogP contribution < -0.4 is 10.6 Å². The molecule has 7 heteroatoms. The van der Waals surface area contributed by atoms with Gasteiger partial charge in [0.1, 0.15) is 0 Å². The molecule has 3 amide bonds. The van der Waals surface area contributed by atoms with Crippen LogP contribution in [0.2, 0.25) is 0 Å². The molecule has 1 unspecified atom stereocenters. The molecule has 0 aromatic heterocycles. The number of nitrogens with one attached hydrogen (secondary N) is 2. The van der Waals surface area contributed by atoms with Crippen molar-refractivity contribution >= 4 is 17.9 Å². The van der Waals surface area contributed by atoms with Crippen molar-refractivity contribution in [1.29, 1.82) is 0 Å². The van der Waals surface area contributed by atoms with Gasteiger partial charge < -0.3 is 20.6 Å². The highest BCUT2D eigenvalue weighted by atomic mass is 16.4. The molecule has 3 N–H and O–H groups in total. The van der Waals surface area contributed by atoms with E-state index in [2.05, 4.69) is 10.6 Å². The predicted octanol–water partition coefficient (Wildman–Crippen LogP) is 0.655. The summed E-state index contributed by atoms with van der Waals surface area (Å²) >= 11 is 0. The standard InChI is InChI=1S/C14H25N3O4/c1-14(2,12(19)20)10-5-4-8-17(9-10)13(21)16-7-6-11(18)15-3/h10H,4-9H2,1-3H3,(H,15,18)(H,16,21)(H,19,20). The lowest BCUT2D eigenvalue weighted by molar-refractivity contribution is -0.151. The van der Waals surface area contributed by atoms with E-state index in [1.54, 1.807) is 25.8 Å². The van der Waals surface area contributed by atoms with Crippen LogP contribution in [0.1, 0.15) is 33.1 Å². The first kappa shape index (κ1) is 17.3. The Labute approximate surface area is 125 Å². The number of carboxylic acid groups (broad SMARTS) is 1. The molecule has 1 aliphatic rings. The average Bonchev–Trinajstić information content (AvgIpc) is 2.46. The van der Waals surface area contributed by atoms with Gasteiger partial charge in [-0.2, -0.15) is 0 Å². The molecular formula is C14H25N3O4. The monoisotopic (exact) mass is 299 g/mol. The Balaban J connectivity index is 2.50. The molecule has 1 atom stereocenters.